The normalized spacial score (nSPS) is 11.0. The molecule has 0 radical (unpaired) electrons. The van der Waals surface area contributed by atoms with Crippen molar-refractivity contribution < 1.29 is 0 Å². The van der Waals surface area contributed by atoms with Crippen LogP contribution in [0.2, 0.25) is 5.02 Å². The van der Waals surface area contributed by atoms with Crippen molar-refractivity contribution >= 4 is 44.1 Å². The van der Waals surface area contributed by atoms with E-state index in [1.807, 2.05) is 53.2 Å². The van der Waals surface area contributed by atoms with Crippen LogP contribution in [0.15, 0.2) is 53.1 Å². The van der Waals surface area contributed by atoms with Crippen LogP contribution in [0, 0.1) is 0 Å². The van der Waals surface area contributed by atoms with Crippen molar-refractivity contribution in [1.29, 1.82) is 0 Å². The van der Waals surface area contributed by atoms with Gasteiger partial charge in [0.1, 0.15) is 0 Å². The van der Waals surface area contributed by atoms with Crippen molar-refractivity contribution in [2.45, 2.75) is 0 Å². The number of rotatable bonds is 1. The smallest absolute Gasteiger partial charge is 0.0686 e. The topological polar surface area (TPSA) is 30.9 Å². The lowest BCUT2D eigenvalue weighted by Gasteiger charge is -2.10. The van der Waals surface area contributed by atoms with Gasteiger partial charge >= 0.3 is 0 Å². The van der Waals surface area contributed by atoms with E-state index in [0.29, 0.717) is 0 Å². The van der Waals surface area contributed by atoms with Gasteiger partial charge in [0, 0.05) is 16.1 Å². The van der Waals surface area contributed by atoms with Crippen molar-refractivity contribution in [2.75, 3.05) is 5.73 Å². The fraction of sp³-hybridized carbons (Fsp3) is 0. The number of aromatic nitrogens is 1. The lowest BCUT2D eigenvalue weighted by Crippen LogP contribution is -1.98. The molecular weight excluding hydrogens is 312 g/mol. The zero-order chi connectivity index (χ0) is 12.7. The first-order valence-corrected chi connectivity index (χ1v) is 6.65. The van der Waals surface area contributed by atoms with Crippen LogP contribution in [0.3, 0.4) is 0 Å². The maximum absolute atomic E-state index is 6.20. The van der Waals surface area contributed by atoms with Gasteiger partial charge in [-0.3, -0.25) is 0 Å². The number of hydrogen-bond donors (Lipinski definition) is 1. The molecule has 0 unspecified atom stereocenters. The molecule has 1 aromatic heterocycles. The molecule has 18 heavy (non-hydrogen) atoms. The lowest BCUT2D eigenvalue weighted by atomic mass is 10.2. The molecule has 2 aromatic carbocycles. The minimum atomic E-state index is 0.737. The lowest BCUT2D eigenvalue weighted by molar-refractivity contribution is 1.13. The van der Waals surface area contributed by atoms with Gasteiger partial charge in [-0.1, -0.05) is 23.7 Å². The molecule has 3 rings (SSSR count). The van der Waals surface area contributed by atoms with Crippen LogP contribution in [0.5, 0.6) is 0 Å². The van der Waals surface area contributed by atoms with Gasteiger partial charge in [0.25, 0.3) is 0 Å². The molecule has 2 nitrogen and oxygen atoms in total. The highest BCUT2D eigenvalue weighted by Crippen LogP contribution is 2.33. The summed E-state index contributed by atoms with van der Waals surface area (Å²) in [5.74, 6) is 0. The Hall–Kier alpha value is -1.45. The third-order valence-corrected chi connectivity index (χ3v) is 3.91. The Balaban J connectivity index is 2.38. The summed E-state index contributed by atoms with van der Waals surface area (Å²) in [5, 5.41) is 1.75. The van der Waals surface area contributed by atoms with E-state index in [-0.39, 0.29) is 0 Å². The van der Waals surface area contributed by atoms with Gasteiger partial charge in [-0.15, -0.1) is 0 Å². The number of benzene rings is 2. The molecule has 4 heteroatoms. The third kappa shape index (κ3) is 1.71. The number of halogens is 2. The highest BCUT2D eigenvalue weighted by Gasteiger charge is 2.10. The van der Waals surface area contributed by atoms with Crippen LogP contribution in [-0.2, 0) is 0 Å². The van der Waals surface area contributed by atoms with Crippen LogP contribution in [0.4, 0.5) is 5.69 Å². The van der Waals surface area contributed by atoms with Crippen LogP contribution in [-0.4, -0.2) is 4.57 Å². The largest absolute Gasteiger partial charge is 0.397 e. The van der Waals surface area contributed by atoms with E-state index in [0.717, 1.165) is 31.8 Å². The fourth-order valence-corrected chi connectivity index (χ4v) is 2.84. The SMILES string of the molecule is Nc1ccccc1-n1ccc2c(Cl)ccc(Br)c21. The first-order valence-electron chi connectivity index (χ1n) is 5.48. The molecule has 0 aliphatic rings. The summed E-state index contributed by atoms with van der Waals surface area (Å²) in [6, 6.07) is 13.6. The third-order valence-electron chi connectivity index (χ3n) is 2.94. The Morgan fingerprint density at radius 2 is 1.83 bits per heavy atom. The summed E-state index contributed by atoms with van der Waals surface area (Å²) in [6.07, 6.45) is 1.98. The molecule has 0 atom stereocenters. The molecule has 0 bridgehead atoms. The fourth-order valence-electron chi connectivity index (χ4n) is 2.09. The molecule has 0 aliphatic carbocycles. The zero-order valence-electron chi connectivity index (χ0n) is 9.40. The Morgan fingerprint density at radius 3 is 2.61 bits per heavy atom. The maximum Gasteiger partial charge on any atom is 0.0686 e. The van der Waals surface area contributed by atoms with Gasteiger partial charge in [-0.05, 0) is 46.3 Å². The van der Waals surface area contributed by atoms with Crippen LogP contribution >= 0.6 is 27.5 Å². The average molecular weight is 322 g/mol. The van der Waals surface area contributed by atoms with E-state index in [9.17, 15) is 0 Å². The van der Waals surface area contributed by atoms with E-state index >= 15 is 0 Å². The van der Waals surface area contributed by atoms with Crippen LogP contribution in [0.1, 0.15) is 0 Å². The Morgan fingerprint density at radius 1 is 1.06 bits per heavy atom. The molecule has 0 spiro atoms. The predicted octanol–water partition coefficient (Wildman–Crippen LogP) is 4.63. The number of nitrogens with zero attached hydrogens (tertiary/aromatic N) is 1. The number of hydrogen-bond acceptors (Lipinski definition) is 1. The maximum atomic E-state index is 6.20. The van der Waals surface area contributed by atoms with Crippen molar-refractivity contribution in [3.8, 4) is 5.69 Å². The van der Waals surface area contributed by atoms with E-state index in [1.54, 1.807) is 0 Å². The molecule has 0 amide bonds. The quantitative estimate of drug-likeness (QED) is 0.651. The first kappa shape index (κ1) is 11.6. The monoisotopic (exact) mass is 320 g/mol. The van der Waals surface area contributed by atoms with Crippen LogP contribution in [0.25, 0.3) is 16.6 Å². The Bertz CT molecular complexity index is 734. The van der Waals surface area contributed by atoms with E-state index < -0.39 is 0 Å². The van der Waals surface area contributed by atoms with Crippen molar-refractivity contribution in [3.63, 3.8) is 0 Å². The molecule has 90 valence electrons. The van der Waals surface area contributed by atoms with Gasteiger partial charge in [-0.25, -0.2) is 0 Å². The minimum Gasteiger partial charge on any atom is -0.397 e. The van der Waals surface area contributed by atoms with Gasteiger partial charge in [0.05, 0.1) is 21.9 Å². The summed E-state index contributed by atoms with van der Waals surface area (Å²) < 4.78 is 3.04. The van der Waals surface area contributed by atoms with Gasteiger partial charge < -0.3 is 10.3 Å². The molecule has 0 saturated carbocycles. The van der Waals surface area contributed by atoms with Crippen molar-refractivity contribution in [2.24, 2.45) is 0 Å². The van der Waals surface area contributed by atoms with Crippen LogP contribution < -0.4 is 5.73 Å². The van der Waals surface area contributed by atoms with Crippen molar-refractivity contribution in [1.82, 2.24) is 4.57 Å². The second-order valence-electron chi connectivity index (χ2n) is 4.04. The first-order chi connectivity index (χ1) is 8.68. The molecule has 2 N–H and O–H groups in total. The zero-order valence-corrected chi connectivity index (χ0v) is 11.7. The summed E-state index contributed by atoms with van der Waals surface area (Å²) >= 11 is 9.77. The molecule has 0 fully saturated rings. The highest BCUT2D eigenvalue weighted by molar-refractivity contribution is 9.10. The van der Waals surface area contributed by atoms with E-state index in [2.05, 4.69) is 15.9 Å². The summed E-state index contributed by atoms with van der Waals surface area (Å²) in [7, 11) is 0. The molecular formula is C14H10BrClN2. The number of para-hydroxylation sites is 2. The second kappa shape index (κ2) is 4.34. The number of fused-ring (bicyclic) bond motifs is 1. The molecule has 3 aromatic rings. The Kier molecular flexibility index (Phi) is 2.80. The standard InChI is InChI=1S/C14H10BrClN2/c15-10-5-6-11(16)9-7-8-18(14(9)10)13-4-2-1-3-12(13)17/h1-8H,17H2. The van der Waals surface area contributed by atoms with Gasteiger partial charge in [0.2, 0.25) is 0 Å². The second-order valence-corrected chi connectivity index (χ2v) is 5.30. The molecule has 0 saturated heterocycles. The average Bonchev–Trinajstić information content (AvgIpc) is 2.80. The molecule has 1 heterocycles. The number of nitrogens with two attached hydrogens (primary N) is 1. The van der Waals surface area contributed by atoms with Gasteiger partial charge in [-0.2, -0.15) is 0 Å². The Labute approximate surface area is 118 Å². The number of nitrogen functional groups attached to an aromatic ring is 1. The summed E-state index contributed by atoms with van der Waals surface area (Å²) in [6.45, 7) is 0. The van der Waals surface area contributed by atoms with Crippen molar-refractivity contribution in [3.05, 3.63) is 58.2 Å². The van der Waals surface area contributed by atoms with E-state index in [4.69, 9.17) is 17.3 Å². The van der Waals surface area contributed by atoms with Gasteiger partial charge in [0.15, 0.2) is 0 Å². The van der Waals surface area contributed by atoms with E-state index in [1.165, 1.54) is 0 Å². The summed E-state index contributed by atoms with van der Waals surface area (Å²) in [4.78, 5) is 0. The molecule has 0 aliphatic heterocycles. The minimum absolute atomic E-state index is 0.737. The number of anilines is 1. The highest BCUT2D eigenvalue weighted by atomic mass is 79.9. The predicted molar refractivity (Wildman–Crippen MR) is 80.4 cm³/mol. The summed E-state index contributed by atoms with van der Waals surface area (Å²) in [5.41, 5.74) is 8.74.